The molecule has 0 bridgehead atoms. The fourth-order valence-electron chi connectivity index (χ4n) is 3.76. The largest absolute Gasteiger partial charge is 0.393 e. The summed E-state index contributed by atoms with van der Waals surface area (Å²) in [6, 6.07) is 0.550. The zero-order valence-electron chi connectivity index (χ0n) is 16.8. The Labute approximate surface area is 177 Å². The summed E-state index contributed by atoms with van der Waals surface area (Å²) in [7, 11) is 0. The van der Waals surface area contributed by atoms with E-state index in [1.54, 1.807) is 0 Å². The first-order valence-corrected chi connectivity index (χ1v) is 10.4. The average molecular weight is 481 g/mol. The molecule has 7 heteroatoms. The van der Waals surface area contributed by atoms with Crippen LogP contribution < -0.4 is 10.6 Å². The summed E-state index contributed by atoms with van der Waals surface area (Å²) in [5.41, 5.74) is 0. The lowest BCUT2D eigenvalue weighted by atomic mass is 10.1. The van der Waals surface area contributed by atoms with E-state index in [9.17, 15) is 5.11 Å². The molecule has 2 rings (SSSR count). The van der Waals surface area contributed by atoms with Crippen molar-refractivity contribution >= 4 is 29.9 Å². The number of aliphatic hydroxyl groups excluding tert-OH is 1. The van der Waals surface area contributed by atoms with Crippen LogP contribution in [0.2, 0.25) is 0 Å². The Kier molecular flexibility index (Phi) is 12.8. The minimum absolute atomic E-state index is 0. The third-order valence-electron chi connectivity index (χ3n) is 5.27. The van der Waals surface area contributed by atoms with Crippen molar-refractivity contribution in [3.8, 4) is 0 Å². The number of hydrogen-bond acceptors (Lipinski definition) is 4. The first-order valence-electron chi connectivity index (χ1n) is 10.4. The molecular weight excluding hydrogens is 441 g/mol. The molecule has 2 aliphatic heterocycles. The maximum Gasteiger partial charge on any atom is 0.191 e. The predicted molar refractivity (Wildman–Crippen MR) is 121 cm³/mol. The van der Waals surface area contributed by atoms with E-state index in [2.05, 4.69) is 34.3 Å². The van der Waals surface area contributed by atoms with Crippen molar-refractivity contribution in [3.63, 3.8) is 0 Å². The maximum absolute atomic E-state index is 9.56. The Morgan fingerprint density at radius 1 is 1.00 bits per heavy atom. The van der Waals surface area contributed by atoms with Crippen molar-refractivity contribution in [1.29, 1.82) is 0 Å². The first-order chi connectivity index (χ1) is 12.2. The molecule has 0 aromatic heterocycles. The summed E-state index contributed by atoms with van der Waals surface area (Å²) in [6.07, 6.45) is 6.51. The lowest BCUT2D eigenvalue weighted by Gasteiger charge is -2.32. The SMILES string of the molecule is CCCN1CCC(NC(=NCCCN2CCC(O)CC2)NCC)CC1.I. The summed E-state index contributed by atoms with van der Waals surface area (Å²) in [5.74, 6) is 0.977. The fraction of sp³-hybridized carbons (Fsp3) is 0.947. The second-order valence-electron chi connectivity index (χ2n) is 7.45. The van der Waals surface area contributed by atoms with Gasteiger partial charge in [0.2, 0.25) is 0 Å². The molecular formula is C19H40IN5O. The lowest BCUT2D eigenvalue weighted by Crippen LogP contribution is -2.48. The van der Waals surface area contributed by atoms with Gasteiger partial charge in [0, 0.05) is 45.3 Å². The highest BCUT2D eigenvalue weighted by Gasteiger charge is 2.19. The molecule has 0 aromatic rings. The molecule has 3 N–H and O–H groups in total. The van der Waals surface area contributed by atoms with Crippen LogP contribution in [0.3, 0.4) is 0 Å². The van der Waals surface area contributed by atoms with Crippen LogP contribution in [0.25, 0.3) is 0 Å². The number of aliphatic imine (C=N–C) groups is 1. The smallest absolute Gasteiger partial charge is 0.191 e. The number of rotatable bonds is 8. The number of likely N-dealkylation sites (tertiary alicyclic amines) is 2. The summed E-state index contributed by atoms with van der Waals surface area (Å²) >= 11 is 0. The van der Waals surface area contributed by atoms with Crippen LogP contribution in [0.4, 0.5) is 0 Å². The standard InChI is InChI=1S/C19H39N5O.HI/c1-3-11-23-13-6-17(7-14-23)22-19(20-4-2)21-10-5-12-24-15-8-18(25)9-16-24;/h17-18,25H,3-16H2,1-2H3,(H2,20,21,22);1H. The molecule has 154 valence electrons. The van der Waals surface area contributed by atoms with Crippen LogP contribution >= 0.6 is 24.0 Å². The van der Waals surface area contributed by atoms with Crippen molar-refractivity contribution in [2.75, 3.05) is 52.4 Å². The number of nitrogens with zero attached hydrogens (tertiary/aromatic N) is 3. The van der Waals surface area contributed by atoms with Gasteiger partial charge in [-0.3, -0.25) is 4.99 Å². The Bertz CT molecular complexity index is 380. The minimum Gasteiger partial charge on any atom is -0.393 e. The molecule has 0 aromatic carbocycles. The van der Waals surface area contributed by atoms with Crippen molar-refractivity contribution in [1.82, 2.24) is 20.4 Å². The lowest BCUT2D eigenvalue weighted by molar-refractivity contribution is 0.0824. The van der Waals surface area contributed by atoms with Crippen LogP contribution in [0.15, 0.2) is 4.99 Å². The normalized spacial score (nSPS) is 21.4. The molecule has 0 aliphatic carbocycles. The highest BCUT2D eigenvalue weighted by Crippen LogP contribution is 2.11. The Hall–Kier alpha value is -0.120. The third-order valence-corrected chi connectivity index (χ3v) is 5.27. The van der Waals surface area contributed by atoms with Crippen LogP contribution in [-0.4, -0.2) is 85.4 Å². The molecule has 26 heavy (non-hydrogen) atoms. The molecule has 0 amide bonds. The predicted octanol–water partition coefficient (Wildman–Crippen LogP) is 1.88. The van der Waals surface area contributed by atoms with Gasteiger partial charge in [-0.1, -0.05) is 6.92 Å². The summed E-state index contributed by atoms with van der Waals surface area (Å²) < 4.78 is 0. The van der Waals surface area contributed by atoms with Crippen molar-refractivity contribution in [3.05, 3.63) is 0 Å². The second kappa shape index (κ2) is 14.0. The topological polar surface area (TPSA) is 63.1 Å². The molecule has 0 saturated carbocycles. The number of halogens is 1. The number of nitrogens with one attached hydrogen (secondary N) is 2. The van der Waals surface area contributed by atoms with E-state index in [4.69, 9.17) is 4.99 Å². The van der Waals surface area contributed by atoms with Gasteiger partial charge in [0.25, 0.3) is 0 Å². The van der Waals surface area contributed by atoms with E-state index < -0.39 is 0 Å². The van der Waals surface area contributed by atoms with Gasteiger partial charge in [0.1, 0.15) is 0 Å². The van der Waals surface area contributed by atoms with Crippen LogP contribution in [0.5, 0.6) is 0 Å². The van der Waals surface area contributed by atoms with Crippen LogP contribution in [-0.2, 0) is 0 Å². The van der Waals surface area contributed by atoms with Crippen molar-refractivity contribution in [2.45, 2.75) is 64.5 Å². The summed E-state index contributed by atoms with van der Waals surface area (Å²) in [4.78, 5) is 9.78. The average Bonchev–Trinajstić information content (AvgIpc) is 2.62. The molecule has 2 saturated heterocycles. The van der Waals surface area contributed by atoms with Gasteiger partial charge in [-0.05, 0) is 58.5 Å². The van der Waals surface area contributed by atoms with E-state index in [1.165, 1.54) is 38.9 Å². The maximum atomic E-state index is 9.56. The van der Waals surface area contributed by atoms with Crippen LogP contribution in [0.1, 0.15) is 52.4 Å². The van der Waals surface area contributed by atoms with Crippen molar-refractivity contribution < 1.29 is 5.11 Å². The van der Waals surface area contributed by atoms with Gasteiger partial charge >= 0.3 is 0 Å². The van der Waals surface area contributed by atoms with Gasteiger partial charge in [-0.15, -0.1) is 24.0 Å². The molecule has 0 spiro atoms. The van der Waals surface area contributed by atoms with E-state index in [1.807, 2.05) is 0 Å². The zero-order chi connectivity index (χ0) is 17.9. The summed E-state index contributed by atoms with van der Waals surface area (Å²) in [5, 5.41) is 16.6. The van der Waals surface area contributed by atoms with Gasteiger partial charge in [0.15, 0.2) is 5.96 Å². The second-order valence-corrected chi connectivity index (χ2v) is 7.45. The van der Waals surface area contributed by atoms with Gasteiger partial charge in [-0.25, -0.2) is 0 Å². The highest BCUT2D eigenvalue weighted by atomic mass is 127. The van der Waals surface area contributed by atoms with E-state index in [-0.39, 0.29) is 30.1 Å². The molecule has 0 unspecified atom stereocenters. The molecule has 6 nitrogen and oxygen atoms in total. The van der Waals surface area contributed by atoms with E-state index in [0.29, 0.717) is 6.04 Å². The molecule has 0 atom stereocenters. The third kappa shape index (κ3) is 9.19. The van der Waals surface area contributed by atoms with E-state index in [0.717, 1.165) is 57.9 Å². The van der Waals surface area contributed by atoms with E-state index >= 15 is 0 Å². The van der Waals surface area contributed by atoms with Gasteiger partial charge in [-0.2, -0.15) is 0 Å². The monoisotopic (exact) mass is 481 g/mol. The number of aliphatic hydroxyl groups is 1. The number of guanidine groups is 1. The first kappa shape index (κ1) is 23.9. The quantitative estimate of drug-likeness (QED) is 0.214. The molecule has 2 heterocycles. The van der Waals surface area contributed by atoms with Crippen LogP contribution in [0, 0.1) is 0 Å². The molecule has 0 radical (unpaired) electrons. The zero-order valence-corrected chi connectivity index (χ0v) is 19.1. The minimum atomic E-state index is -0.0810. The summed E-state index contributed by atoms with van der Waals surface area (Å²) in [6.45, 7) is 12.9. The Morgan fingerprint density at radius 3 is 2.23 bits per heavy atom. The Morgan fingerprint density at radius 2 is 1.62 bits per heavy atom. The van der Waals surface area contributed by atoms with Crippen molar-refractivity contribution in [2.24, 2.45) is 4.99 Å². The van der Waals surface area contributed by atoms with Gasteiger partial charge in [0.05, 0.1) is 6.10 Å². The fourth-order valence-corrected chi connectivity index (χ4v) is 3.76. The number of piperidine rings is 2. The van der Waals surface area contributed by atoms with Gasteiger partial charge < -0.3 is 25.5 Å². The Balaban J connectivity index is 0.00000338. The molecule has 2 fully saturated rings. The highest BCUT2D eigenvalue weighted by molar-refractivity contribution is 14.0. The number of hydrogen-bond donors (Lipinski definition) is 3. The molecule has 2 aliphatic rings.